The third-order valence-corrected chi connectivity index (χ3v) is 10.9. The van der Waals surface area contributed by atoms with Gasteiger partial charge < -0.3 is 14.6 Å². The first-order chi connectivity index (χ1) is 22.3. The molecule has 10 rings (SSSR count). The molecule has 0 fully saturated rings. The second-order valence-corrected chi connectivity index (χ2v) is 13.2. The molecular formula is C41H28N2OS. The molecule has 7 aromatic rings. The molecule has 3 atom stereocenters. The number of furan rings is 1. The van der Waals surface area contributed by atoms with Gasteiger partial charge in [0.05, 0.1) is 11.7 Å². The minimum absolute atomic E-state index is 0.108. The highest BCUT2D eigenvalue weighted by Crippen LogP contribution is 2.54. The van der Waals surface area contributed by atoms with E-state index < -0.39 is 0 Å². The molecule has 0 spiro atoms. The van der Waals surface area contributed by atoms with Crippen molar-refractivity contribution in [1.82, 2.24) is 0 Å². The molecule has 6 aromatic carbocycles. The summed E-state index contributed by atoms with van der Waals surface area (Å²) in [5.41, 5.74) is 10.5. The van der Waals surface area contributed by atoms with E-state index in [2.05, 4.69) is 150 Å². The van der Waals surface area contributed by atoms with E-state index in [-0.39, 0.29) is 11.4 Å². The summed E-state index contributed by atoms with van der Waals surface area (Å²) in [6.07, 6.45) is 4.90. The summed E-state index contributed by atoms with van der Waals surface area (Å²) in [6, 6.07) is 48.3. The van der Waals surface area contributed by atoms with Gasteiger partial charge in [0, 0.05) is 38.5 Å². The number of rotatable bonds is 3. The number of anilines is 3. The van der Waals surface area contributed by atoms with Crippen molar-refractivity contribution < 1.29 is 4.42 Å². The van der Waals surface area contributed by atoms with E-state index in [4.69, 9.17) is 4.42 Å². The van der Waals surface area contributed by atoms with Crippen LogP contribution in [0.5, 0.6) is 0 Å². The lowest BCUT2D eigenvalue weighted by atomic mass is 9.89. The first kappa shape index (κ1) is 25.2. The van der Waals surface area contributed by atoms with Crippen LogP contribution in [-0.2, 0) is 0 Å². The normalized spacial score (nSPS) is 19.3. The Morgan fingerprint density at radius 3 is 2.29 bits per heavy atom. The van der Waals surface area contributed by atoms with Gasteiger partial charge in [-0.3, -0.25) is 0 Å². The highest BCUT2D eigenvalue weighted by atomic mass is 32.2. The number of thioether (sulfide) groups is 1. The van der Waals surface area contributed by atoms with Gasteiger partial charge in [0.2, 0.25) is 0 Å². The molecule has 3 nitrogen and oxygen atoms in total. The van der Waals surface area contributed by atoms with Crippen LogP contribution < -0.4 is 20.7 Å². The molecule has 3 heterocycles. The lowest BCUT2D eigenvalue weighted by Crippen LogP contribution is -2.38. The summed E-state index contributed by atoms with van der Waals surface area (Å²) in [5.74, 6) is 0.336. The Kier molecular flexibility index (Phi) is 5.40. The average Bonchev–Trinajstić information content (AvgIpc) is 3.79. The summed E-state index contributed by atoms with van der Waals surface area (Å²) in [6.45, 7) is 0. The zero-order valence-electron chi connectivity index (χ0n) is 24.4. The molecule has 214 valence electrons. The number of fused-ring (bicyclic) bond motifs is 9. The maximum Gasteiger partial charge on any atom is 0.144 e. The van der Waals surface area contributed by atoms with Crippen molar-refractivity contribution in [2.24, 2.45) is 0 Å². The van der Waals surface area contributed by atoms with Crippen LogP contribution in [0.1, 0.15) is 22.4 Å². The molecule has 2 aliphatic heterocycles. The van der Waals surface area contributed by atoms with Gasteiger partial charge in [-0.15, -0.1) is 0 Å². The molecule has 0 bridgehead atoms. The average molecular weight is 597 g/mol. The smallest absolute Gasteiger partial charge is 0.144 e. The topological polar surface area (TPSA) is 28.4 Å². The number of para-hydroxylation sites is 2. The third kappa shape index (κ3) is 3.79. The van der Waals surface area contributed by atoms with Crippen molar-refractivity contribution in [3.05, 3.63) is 155 Å². The lowest BCUT2D eigenvalue weighted by molar-refractivity contribution is 0.669. The third-order valence-electron chi connectivity index (χ3n) is 9.61. The largest absolute Gasteiger partial charge is 0.455 e. The first-order valence-electron chi connectivity index (χ1n) is 15.5. The van der Waals surface area contributed by atoms with E-state index in [1.165, 1.54) is 43.2 Å². The van der Waals surface area contributed by atoms with Crippen molar-refractivity contribution >= 4 is 62.9 Å². The van der Waals surface area contributed by atoms with Crippen LogP contribution in [0.25, 0.3) is 45.2 Å². The molecule has 0 saturated carbocycles. The van der Waals surface area contributed by atoms with E-state index >= 15 is 0 Å². The van der Waals surface area contributed by atoms with Gasteiger partial charge in [0.1, 0.15) is 16.5 Å². The monoisotopic (exact) mass is 596 g/mol. The standard InChI is InChI=1S/C41H28N2OS/c1-2-10-25(11-3-1)32-24-34-40(38-31-15-7-9-17-37(31)44-39(32)38)45-41(42-34)26-18-20-29(21-19-26)43-35-16-8-6-14-30(35)33-22-27-12-4-5-13-28(27)23-36(33)43/h1-24,33,36,41-42H. The van der Waals surface area contributed by atoms with Gasteiger partial charge in [-0.1, -0.05) is 127 Å². The van der Waals surface area contributed by atoms with Crippen LogP contribution in [0.4, 0.5) is 17.1 Å². The fourth-order valence-corrected chi connectivity index (χ4v) is 8.83. The van der Waals surface area contributed by atoms with Gasteiger partial charge in [-0.2, -0.15) is 0 Å². The SMILES string of the molecule is C1=c2ccccc2=CC2C1c1ccccc1N2c1ccc(C2Nc3cc(-c4ccccc4)c4oc5ccccc5c4c3S2)cc1. The molecule has 4 heteroatoms. The van der Waals surface area contributed by atoms with Crippen molar-refractivity contribution in [1.29, 1.82) is 0 Å². The Labute approximate surface area is 265 Å². The second-order valence-electron chi connectivity index (χ2n) is 12.1. The second kappa shape index (κ2) is 9.65. The van der Waals surface area contributed by atoms with E-state index in [9.17, 15) is 0 Å². The van der Waals surface area contributed by atoms with E-state index in [1.807, 2.05) is 17.8 Å². The number of hydrogen-bond acceptors (Lipinski definition) is 4. The van der Waals surface area contributed by atoms with Crippen molar-refractivity contribution in [2.45, 2.75) is 22.2 Å². The summed E-state index contributed by atoms with van der Waals surface area (Å²) in [7, 11) is 0. The molecule has 1 N–H and O–H groups in total. The Balaban J connectivity index is 1.04. The molecule has 0 amide bonds. The Bertz CT molecular complexity index is 2410. The molecule has 0 saturated heterocycles. The van der Waals surface area contributed by atoms with E-state index in [0.717, 1.165) is 33.4 Å². The molecule has 3 aliphatic rings. The van der Waals surface area contributed by atoms with Crippen LogP contribution in [0.15, 0.2) is 143 Å². The van der Waals surface area contributed by atoms with Crippen molar-refractivity contribution in [2.75, 3.05) is 10.2 Å². The molecule has 45 heavy (non-hydrogen) atoms. The highest BCUT2D eigenvalue weighted by Gasteiger charge is 2.38. The summed E-state index contributed by atoms with van der Waals surface area (Å²) in [4.78, 5) is 3.78. The maximum absolute atomic E-state index is 6.52. The maximum atomic E-state index is 6.52. The van der Waals surface area contributed by atoms with E-state index in [1.54, 1.807) is 0 Å². The molecule has 1 aliphatic carbocycles. The number of benzene rings is 6. The molecule has 0 radical (unpaired) electrons. The van der Waals surface area contributed by atoms with Crippen LogP contribution in [0.3, 0.4) is 0 Å². The number of hydrogen-bond donors (Lipinski definition) is 1. The van der Waals surface area contributed by atoms with Crippen molar-refractivity contribution in [3.63, 3.8) is 0 Å². The van der Waals surface area contributed by atoms with Crippen LogP contribution >= 0.6 is 11.8 Å². The minimum Gasteiger partial charge on any atom is -0.455 e. The summed E-state index contributed by atoms with van der Waals surface area (Å²) >= 11 is 1.88. The van der Waals surface area contributed by atoms with E-state index in [0.29, 0.717) is 5.92 Å². The highest BCUT2D eigenvalue weighted by molar-refractivity contribution is 8.00. The zero-order chi connectivity index (χ0) is 29.5. The van der Waals surface area contributed by atoms with Crippen LogP contribution in [-0.4, -0.2) is 6.04 Å². The minimum atomic E-state index is 0.108. The lowest BCUT2D eigenvalue weighted by Gasteiger charge is -2.29. The fraction of sp³-hybridized carbons (Fsp3) is 0.0732. The quantitative estimate of drug-likeness (QED) is 0.220. The van der Waals surface area contributed by atoms with Gasteiger partial charge >= 0.3 is 0 Å². The zero-order valence-corrected chi connectivity index (χ0v) is 25.2. The van der Waals surface area contributed by atoms with Gasteiger partial charge in [0.25, 0.3) is 0 Å². The van der Waals surface area contributed by atoms with Crippen molar-refractivity contribution in [3.8, 4) is 11.1 Å². The summed E-state index contributed by atoms with van der Waals surface area (Å²) in [5, 5.41) is 8.97. The predicted octanol–water partition coefficient (Wildman–Crippen LogP) is 9.35. The predicted molar refractivity (Wildman–Crippen MR) is 188 cm³/mol. The molecule has 3 unspecified atom stereocenters. The van der Waals surface area contributed by atoms with Gasteiger partial charge in [-0.25, -0.2) is 0 Å². The van der Waals surface area contributed by atoms with Gasteiger partial charge in [0.15, 0.2) is 0 Å². The Hall–Kier alpha value is -5.19. The first-order valence-corrected chi connectivity index (χ1v) is 16.4. The van der Waals surface area contributed by atoms with Gasteiger partial charge in [-0.05, 0) is 57.5 Å². The summed E-state index contributed by atoms with van der Waals surface area (Å²) < 4.78 is 6.52. The van der Waals surface area contributed by atoms with Crippen LogP contribution in [0, 0.1) is 0 Å². The Morgan fingerprint density at radius 1 is 0.689 bits per heavy atom. The molecular weight excluding hydrogens is 569 g/mol. The van der Waals surface area contributed by atoms with Crippen LogP contribution in [0.2, 0.25) is 0 Å². The Morgan fingerprint density at radius 2 is 1.42 bits per heavy atom. The molecule has 1 aromatic heterocycles. The number of nitrogens with one attached hydrogen (secondary N) is 1. The fourth-order valence-electron chi connectivity index (χ4n) is 7.55. The number of nitrogens with zero attached hydrogens (tertiary/aromatic N) is 1.